The number of pyridine rings is 1. The molecule has 0 aliphatic carbocycles. The zero-order valence-corrected chi connectivity index (χ0v) is 8.94. The van der Waals surface area contributed by atoms with Gasteiger partial charge in [0, 0.05) is 18.8 Å². The third kappa shape index (κ3) is 3.06. The van der Waals surface area contributed by atoms with Crippen molar-refractivity contribution in [2.24, 2.45) is 0 Å². The molecule has 15 heavy (non-hydrogen) atoms. The van der Waals surface area contributed by atoms with E-state index in [4.69, 9.17) is 4.74 Å². The monoisotopic (exact) mass is 204 g/mol. The number of ether oxygens (including phenoxy) is 1. The maximum Gasteiger partial charge on any atom is 0.137 e. The summed E-state index contributed by atoms with van der Waals surface area (Å²) in [7, 11) is 0. The SMILES string of the molecule is CC1=CC[C@@H](COc2cccnc2)NC1. The molecule has 0 saturated heterocycles. The number of rotatable bonds is 3. The average Bonchev–Trinajstić information content (AvgIpc) is 2.30. The molecule has 0 saturated carbocycles. The van der Waals surface area contributed by atoms with Crippen LogP contribution in [0.4, 0.5) is 0 Å². The van der Waals surface area contributed by atoms with Crippen molar-refractivity contribution in [2.75, 3.05) is 13.2 Å². The summed E-state index contributed by atoms with van der Waals surface area (Å²) in [5.41, 5.74) is 1.41. The van der Waals surface area contributed by atoms with Gasteiger partial charge in [0.15, 0.2) is 0 Å². The van der Waals surface area contributed by atoms with E-state index in [1.807, 2.05) is 12.1 Å². The molecule has 0 aromatic carbocycles. The molecule has 2 heterocycles. The van der Waals surface area contributed by atoms with Gasteiger partial charge in [-0.15, -0.1) is 0 Å². The Labute approximate surface area is 90.2 Å². The molecule has 1 N–H and O–H groups in total. The Kier molecular flexibility index (Phi) is 3.35. The van der Waals surface area contributed by atoms with E-state index >= 15 is 0 Å². The number of nitrogens with zero attached hydrogens (tertiary/aromatic N) is 1. The Bertz CT molecular complexity index is 335. The second kappa shape index (κ2) is 4.94. The summed E-state index contributed by atoms with van der Waals surface area (Å²) in [6.45, 7) is 3.82. The van der Waals surface area contributed by atoms with Crippen LogP contribution in [0.15, 0.2) is 36.2 Å². The van der Waals surface area contributed by atoms with Crippen LogP contribution in [0.25, 0.3) is 0 Å². The number of aromatic nitrogens is 1. The van der Waals surface area contributed by atoms with E-state index in [9.17, 15) is 0 Å². The number of hydrogen-bond acceptors (Lipinski definition) is 3. The van der Waals surface area contributed by atoms with E-state index in [0.717, 1.165) is 18.7 Å². The molecule has 0 amide bonds. The van der Waals surface area contributed by atoms with Crippen LogP contribution in [0.3, 0.4) is 0 Å². The summed E-state index contributed by atoms with van der Waals surface area (Å²) in [5, 5.41) is 3.43. The van der Waals surface area contributed by atoms with Crippen molar-refractivity contribution in [3.05, 3.63) is 36.2 Å². The van der Waals surface area contributed by atoms with Gasteiger partial charge in [-0.05, 0) is 25.5 Å². The molecule has 0 unspecified atom stereocenters. The first-order valence-corrected chi connectivity index (χ1v) is 5.26. The second-order valence-electron chi connectivity index (χ2n) is 3.86. The van der Waals surface area contributed by atoms with Gasteiger partial charge in [0.2, 0.25) is 0 Å². The molecular weight excluding hydrogens is 188 g/mol. The van der Waals surface area contributed by atoms with Gasteiger partial charge in [0.1, 0.15) is 12.4 Å². The summed E-state index contributed by atoms with van der Waals surface area (Å²) in [6.07, 6.45) is 6.81. The van der Waals surface area contributed by atoms with Crippen LogP contribution in [0.2, 0.25) is 0 Å². The largest absolute Gasteiger partial charge is 0.490 e. The van der Waals surface area contributed by atoms with Crippen LogP contribution in [0.1, 0.15) is 13.3 Å². The quantitative estimate of drug-likeness (QED) is 0.762. The fourth-order valence-corrected chi connectivity index (χ4v) is 1.56. The van der Waals surface area contributed by atoms with Gasteiger partial charge in [0.05, 0.1) is 6.20 Å². The van der Waals surface area contributed by atoms with Crippen molar-refractivity contribution >= 4 is 0 Å². The highest BCUT2D eigenvalue weighted by atomic mass is 16.5. The van der Waals surface area contributed by atoms with Crippen molar-refractivity contribution < 1.29 is 4.74 Å². The molecule has 3 nitrogen and oxygen atoms in total. The minimum Gasteiger partial charge on any atom is -0.490 e. The molecule has 0 bridgehead atoms. The van der Waals surface area contributed by atoms with Gasteiger partial charge >= 0.3 is 0 Å². The maximum absolute atomic E-state index is 5.63. The van der Waals surface area contributed by atoms with E-state index in [1.54, 1.807) is 12.4 Å². The molecule has 0 spiro atoms. The smallest absolute Gasteiger partial charge is 0.137 e. The average molecular weight is 204 g/mol. The molecule has 1 aromatic rings. The Hall–Kier alpha value is -1.35. The lowest BCUT2D eigenvalue weighted by atomic mass is 10.1. The molecule has 80 valence electrons. The molecule has 3 heteroatoms. The summed E-state index contributed by atoms with van der Waals surface area (Å²) in [5.74, 6) is 0.838. The van der Waals surface area contributed by atoms with Gasteiger partial charge < -0.3 is 10.1 Å². The lowest BCUT2D eigenvalue weighted by Gasteiger charge is -2.22. The lowest BCUT2D eigenvalue weighted by molar-refractivity contribution is 0.263. The van der Waals surface area contributed by atoms with Crippen LogP contribution in [-0.2, 0) is 0 Å². The van der Waals surface area contributed by atoms with Crippen molar-refractivity contribution in [2.45, 2.75) is 19.4 Å². The molecule has 1 atom stereocenters. The van der Waals surface area contributed by atoms with Gasteiger partial charge in [-0.1, -0.05) is 11.6 Å². The van der Waals surface area contributed by atoms with Gasteiger partial charge in [-0.25, -0.2) is 0 Å². The van der Waals surface area contributed by atoms with Crippen molar-refractivity contribution in [1.82, 2.24) is 10.3 Å². The van der Waals surface area contributed by atoms with Crippen LogP contribution in [0.5, 0.6) is 5.75 Å². The Morgan fingerprint density at radius 1 is 1.60 bits per heavy atom. The molecule has 0 radical (unpaired) electrons. The van der Waals surface area contributed by atoms with E-state index in [0.29, 0.717) is 12.6 Å². The second-order valence-corrected chi connectivity index (χ2v) is 3.86. The number of nitrogens with one attached hydrogen (secondary N) is 1. The van der Waals surface area contributed by atoms with Crippen molar-refractivity contribution in [3.63, 3.8) is 0 Å². The van der Waals surface area contributed by atoms with Crippen LogP contribution in [-0.4, -0.2) is 24.2 Å². The van der Waals surface area contributed by atoms with E-state index < -0.39 is 0 Å². The van der Waals surface area contributed by atoms with Crippen LogP contribution >= 0.6 is 0 Å². The van der Waals surface area contributed by atoms with E-state index in [1.165, 1.54) is 5.57 Å². The summed E-state index contributed by atoms with van der Waals surface area (Å²) < 4.78 is 5.63. The van der Waals surface area contributed by atoms with Crippen LogP contribution < -0.4 is 10.1 Å². The van der Waals surface area contributed by atoms with Gasteiger partial charge in [0.25, 0.3) is 0 Å². The first kappa shape index (κ1) is 10.2. The third-order valence-electron chi connectivity index (χ3n) is 2.51. The summed E-state index contributed by atoms with van der Waals surface area (Å²) >= 11 is 0. The molecule has 0 fully saturated rings. The van der Waals surface area contributed by atoms with E-state index in [2.05, 4.69) is 23.3 Å². The van der Waals surface area contributed by atoms with E-state index in [-0.39, 0.29) is 0 Å². The highest BCUT2D eigenvalue weighted by Crippen LogP contribution is 2.10. The molecule has 2 rings (SSSR count). The first-order chi connectivity index (χ1) is 7.34. The third-order valence-corrected chi connectivity index (χ3v) is 2.51. The fraction of sp³-hybridized carbons (Fsp3) is 0.417. The molecule has 1 aliphatic heterocycles. The zero-order chi connectivity index (χ0) is 10.5. The lowest BCUT2D eigenvalue weighted by Crippen LogP contribution is -2.37. The zero-order valence-electron chi connectivity index (χ0n) is 8.94. The van der Waals surface area contributed by atoms with Gasteiger partial charge in [-0.2, -0.15) is 0 Å². The fourth-order valence-electron chi connectivity index (χ4n) is 1.56. The Morgan fingerprint density at radius 3 is 3.20 bits per heavy atom. The summed E-state index contributed by atoms with van der Waals surface area (Å²) in [4.78, 5) is 4.00. The minimum atomic E-state index is 0.425. The predicted molar refractivity (Wildman–Crippen MR) is 59.9 cm³/mol. The number of hydrogen-bond donors (Lipinski definition) is 1. The molecular formula is C12H16N2O. The first-order valence-electron chi connectivity index (χ1n) is 5.26. The normalized spacial score (nSPS) is 20.9. The van der Waals surface area contributed by atoms with Crippen LogP contribution in [0, 0.1) is 0 Å². The summed E-state index contributed by atoms with van der Waals surface area (Å²) in [6, 6.07) is 4.24. The standard InChI is InChI=1S/C12H16N2O/c1-10-4-5-11(14-7-10)9-15-12-3-2-6-13-8-12/h2-4,6,8,11,14H,5,7,9H2,1H3/t11-/m0/s1. The topological polar surface area (TPSA) is 34.1 Å². The highest BCUT2D eigenvalue weighted by Gasteiger charge is 2.11. The Balaban J connectivity index is 1.80. The van der Waals surface area contributed by atoms with Crippen molar-refractivity contribution in [1.29, 1.82) is 0 Å². The predicted octanol–water partition coefficient (Wildman–Crippen LogP) is 1.77. The Morgan fingerprint density at radius 2 is 2.53 bits per heavy atom. The molecule has 1 aromatic heterocycles. The minimum absolute atomic E-state index is 0.425. The van der Waals surface area contributed by atoms with Crippen molar-refractivity contribution in [3.8, 4) is 5.75 Å². The molecule has 1 aliphatic rings. The van der Waals surface area contributed by atoms with Gasteiger partial charge in [-0.3, -0.25) is 4.98 Å². The highest BCUT2D eigenvalue weighted by molar-refractivity contribution is 5.15. The maximum atomic E-state index is 5.63.